The molecular formula is C14H16N4O2. The lowest BCUT2D eigenvalue weighted by Gasteiger charge is -2.35. The zero-order chi connectivity index (χ0) is 13.9. The van der Waals surface area contributed by atoms with Gasteiger partial charge >= 0.3 is 0 Å². The second-order valence-corrected chi connectivity index (χ2v) is 4.77. The molecule has 0 saturated carbocycles. The lowest BCUT2D eigenvalue weighted by atomic mass is 10.2. The van der Waals surface area contributed by atoms with Crippen molar-refractivity contribution in [3.05, 3.63) is 42.2 Å². The molecule has 0 bridgehead atoms. The van der Waals surface area contributed by atoms with Crippen LogP contribution in [-0.4, -0.2) is 47.0 Å². The Bertz CT molecular complexity index is 589. The van der Waals surface area contributed by atoms with Gasteiger partial charge in [-0.1, -0.05) is 0 Å². The van der Waals surface area contributed by atoms with E-state index in [0.717, 1.165) is 24.6 Å². The molecule has 0 N–H and O–H groups in total. The Labute approximate surface area is 117 Å². The molecule has 20 heavy (non-hydrogen) atoms. The Kier molecular flexibility index (Phi) is 3.37. The number of rotatable bonds is 2. The maximum absolute atomic E-state index is 12.1. The smallest absolute Gasteiger partial charge is 0.289 e. The Morgan fingerprint density at radius 2 is 2.05 bits per heavy atom. The molecular weight excluding hydrogens is 256 g/mol. The summed E-state index contributed by atoms with van der Waals surface area (Å²) in [6, 6.07) is 5.39. The highest BCUT2D eigenvalue weighted by Crippen LogP contribution is 2.15. The lowest BCUT2D eigenvalue weighted by Crippen LogP contribution is -2.49. The average molecular weight is 272 g/mol. The number of carbonyl (C=O) groups is 1. The summed E-state index contributed by atoms with van der Waals surface area (Å²) in [5.41, 5.74) is 0.948. The number of furan rings is 1. The molecule has 0 radical (unpaired) electrons. The number of carbonyl (C=O) groups excluding carboxylic acids is 1. The van der Waals surface area contributed by atoms with E-state index in [1.54, 1.807) is 18.5 Å². The highest BCUT2D eigenvalue weighted by atomic mass is 16.3. The van der Waals surface area contributed by atoms with Crippen molar-refractivity contribution in [1.82, 2.24) is 14.9 Å². The van der Waals surface area contributed by atoms with Crippen LogP contribution in [-0.2, 0) is 0 Å². The van der Waals surface area contributed by atoms with Crippen LogP contribution in [0.15, 0.2) is 35.2 Å². The van der Waals surface area contributed by atoms with E-state index in [1.165, 1.54) is 6.26 Å². The van der Waals surface area contributed by atoms with Gasteiger partial charge in [0.1, 0.15) is 12.1 Å². The highest BCUT2D eigenvalue weighted by molar-refractivity contribution is 5.91. The molecule has 0 aliphatic carbocycles. The minimum Gasteiger partial charge on any atom is -0.459 e. The Morgan fingerprint density at radius 3 is 2.70 bits per heavy atom. The zero-order valence-corrected chi connectivity index (χ0v) is 11.3. The molecule has 2 aromatic rings. The van der Waals surface area contributed by atoms with Crippen LogP contribution in [0.2, 0.25) is 0 Å². The molecule has 1 aliphatic heterocycles. The van der Waals surface area contributed by atoms with E-state index in [1.807, 2.05) is 17.9 Å². The van der Waals surface area contributed by atoms with E-state index >= 15 is 0 Å². The number of amides is 1. The van der Waals surface area contributed by atoms with E-state index in [9.17, 15) is 4.79 Å². The predicted molar refractivity (Wildman–Crippen MR) is 73.6 cm³/mol. The molecule has 2 aromatic heterocycles. The summed E-state index contributed by atoms with van der Waals surface area (Å²) in [4.78, 5) is 24.5. The predicted octanol–water partition coefficient (Wildman–Crippen LogP) is 1.34. The van der Waals surface area contributed by atoms with Crippen molar-refractivity contribution in [2.45, 2.75) is 6.92 Å². The molecule has 0 aromatic carbocycles. The van der Waals surface area contributed by atoms with Gasteiger partial charge in [0.25, 0.3) is 5.91 Å². The van der Waals surface area contributed by atoms with Gasteiger partial charge in [-0.05, 0) is 19.1 Å². The quantitative estimate of drug-likeness (QED) is 0.825. The second-order valence-electron chi connectivity index (χ2n) is 4.77. The molecule has 6 nitrogen and oxygen atoms in total. The minimum absolute atomic E-state index is 0.0477. The SMILES string of the molecule is Cc1cc(N2CCN(C(=O)c3ccco3)CC2)ncn1. The number of piperazine rings is 1. The van der Waals surface area contributed by atoms with Crippen LogP contribution in [0.1, 0.15) is 16.2 Å². The number of anilines is 1. The largest absolute Gasteiger partial charge is 0.459 e. The van der Waals surface area contributed by atoms with Crippen molar-refractivity contribution < 1.29 is 9.21 Å². The third kappa shape index (κ3) is 2.49. The fraction of sp³-hybridized carbons (Fsp3) is 0.357. The summed E-state index contributed by atoms with van der Waals surface area (Å²) in [5.74, 6) is 1.27. The van der Waals surface area contributed by atoms with Crippen molar-refractivity contribution in [2.75, 3.05) is 31.1 Å². The second kappa shape index (κ2) is 5.32. The number of nitrogens with zero attached hydrogens (tertiary/aromatic N) is 4. The average Bonchev–Trinajstić information content (AvgIpc) is 3.01. The molecule has 3 rings (SSSR count). The molecule has 6 heteroatoms. The molecule has 0 unspecified atom stereocenters. The third-order valence-electron chi connectivity index (χ3n) is 3.41. The van der Waals surface area contributed by atoms with E-state index in [2.05, 4.69) is 14.9 Å². The molecule has 1 amide bonds. The summed E-state index contributed by atoms with van der Waals surface area (Å²) in [6.45, 7) is 4.82. The maximum Gasteiger partial charge on any atom is 0.289 e. The molecule has 1 saturated heterocycles. The summed E-state index contributed by atoms with van der Waals surface area (Å²) < 4.78 is 5.15. The molecule has 104 valence electrons. The van der Waals surface area contributed by atoms with Crippen LogP contribution in [0.5, 0.6) is 0 Å². The summed E-state index contributed by atoms with van der Waals surface area (Å²) in [5, 5.41) is 0. The lowest BCUT2D eigenvalue weighted by molar-refractivity contribution is 0.0714. The van der Waals surface area contributed by atoms with Gasteiger partial charge in [0, 0.05) is 37.9 Å². The molecule has 1 aliphatic rings. The Balaban J connectivity index is 1.64. The number of hydrogen-bond donors (Lipinski definition) is 0. The first-order valence-electron chi connectivity index (χ1n) is 6.60. The zero-order valence-electron chi connectivity index (χ0n) is 11.3. The van der Waals surface area contributed by atoms with Crippen LogP contribution < -0.4 is 4.90 Å². The first-order valence-corrected chi connectivity index (χ1v) is 6.60. The summed E-state index contributed by atoms with van der Waals surface area (Å²) in [7, 11) is 0. The topological polar surface area (TPSA) is 62.5 Å². The molecule has 1 fully saturated rings. The van der Waals surface area contributed by atoms with Gasteiger partial charge in [0.15, 0.2) is 5.76 Å². The van der Waals surface area contributed by atoms with Crippen molar-refractivity contribution in [3.8, 4) is 0 Å². The van der Waals surface area contributed by atoms with E-state index in [0.29, 0.717) is 18.8 Å². The third-order valence-corrected chi connectivity index (χ3v) is 3.41. The van der Waals surface area contributed by atoms with E-state index in [4.69, 9.17) is 4.42 Å². The van der Waals surface area contributed by atoms with Gasteiger partial charge in [-0.3, -0.25) is 4.79 Å². The van der Waals surface area contributed by atoms with E-state index in [-0.39, 0.29) is 5.91 Å². The van der Waals surface area contributed by atoms with Crippen LogP contribution in [0.4, 0.5) is 5.82 Å². The van der Waals surface area contributed by atoms with E-state index < -0.39 is 0 Å². The number of aromatic nitrogens is 2. The highest BCUT2D eigenvalue weighted by Gasteiger charge is 2.24. The fourth-order valence-electron chi connectivity index (χ4n) is 2.31. The first-order chi connectivity index (χ1) is 9.74. The normalized spacial score (nSPS) is 15.4. The number of aryl methyl sites for hydroxylation is 1. The summed E-state index contributed by atoms with van der Waals surface area (Å²) in [6.07, 6.45) is 3.10. The molecule has 0 atom stereocenters. The monoisotopic (exact) mass is 272 g/mol. The van der Waals surface area contributed by atoms with Gasteiger partial charge in [0.2, 0.25) is 0 Å². The summed E-state index contributed by atoms with van der Waals surface area (Å²) >= 11 is 0. The van der Waals surface area contributed by atoms with Crippen LogP contribution >= 0.6 is 0 Å². The molecule has 0 spiro atoms. The minimum atomic E-state index is -0.0477. The van der Waals surface area contributed by atoms with Gasteiger partial charge in [-0.15, -0.1) is 0 Å². The number of hydrogen-bond acceptors (Lipinski definition) is 5. The van der Waals surface area contributed by atoms with Crippen LogP contribution in [0, 0.1) is 6.92 Å². The van der Waals surface area contributed by atoms with Crippen molar-refractivity contribution in [3.63, 3.8) is 0 Å². The first kappa shape index (κ1) is 12.7. The van der Waals surface area contributed by atoms with Gasteiger partial charge in [0.05, 0.1) is 6.26 Å². The van der Waals surface area contributed by atoms with Gasteiger partial charge < -0.3 is 14.2 Å². The van der Waals surface area contributed by atoms with Crippen molar-refractivity contribution in [2.24, 2.45) is 0 Å². The standard InChI is InChI=1S/C14H16N4O2/c1-11-9-13(16-10-15-11)17-4-6-18(7-5-17)14(19)12-3-2-8-20-12/h2-3,8-10H,4-7H2,1H3. The van der Waals surface area contributed by atoms with Gasteiger partial charge in [-0.25, -0.2) is 9.97 Å². The van der Waals surface area contributed by atoms with Crippen LogP contribution in [0.25, 0.3) is 0 Å². The fourth-order valence-corrected chi connectivity index (χ4v) is 2.31. The molecule has 3 heterocycles. The van der Waals surface area contributed by atoms with Gasteiger partial charge in [-0.2, -0.15) is 0 Å². The van der Waals surface area contributed by atoms with Crippen molar-refractivity contribution >= 4 is 11.7 Å². The Hall–Kier alpha value is -2.37. The van der Waals surface area contributed by atoms with Crippen molar-refractivity contribution in [1.29, 1.82) is 0 Å². The maximum atomic E-state index is 12.1. The Morgan fingerprint density at radius 1 is 1.25 bits per heavy atom. The van der Waals surface area contributed by atoms with Crippen LogP contribution in [0.3, 0.4) is 0 Å².